The highest BCUT2D eigenvalue weighted by atomic mass is 16.5. The Morgan fingerprint density at radius 3 is 2.58 bits per heavy atom. The van der Waals surface area contributed by atoms with E-state index in [1.165, 1.54) is 6.07 Å². The Morgan fingerprint density at radius 1 is 1.26 bits per heavy atom. The first kappa shape index (κ1) is 13.5. The quantitative estimate of drug-likeness (QED) is 0.915. The number of aromatic amines is 1. The number of hydrogen-bond acceptors (Lipinski definition) is 3. The Morgan fingerprint density at radius 2 is 1.95 bits per heavy atom. The van der Waals surface area contributed by atoms with Crippen molar-refractivity contribution in [2.75, 3.05) is 7.11 Å². The van der Waals surface area contributed by atoms with Crippen LogP contribution in [0.3, 0.4) is 0 Å². The number of aromatic nitrogens is 2. The summed E-state index contributed by atoms with van der Waals surface area (Å²) < 4.78 is 5.04. The van der Waals surface area contributed by atoms with Gasteiger partial charge in [-0.3, -0.25) is 4.79 Å². The average molecular weight is 258 g/mol. The van der Waals surface area contributed by atoms with Gasteiger partial charge in [0.2, 0.25) is 0 Å². The lowest BCUT2D eigenvalue weighted by Crippen LogP contribution is -2.27. The zero-order chi connectivity index (χ0) is 13.9. The van der Waals surface area contributed by atoms with Crippen LogP contribution in [0.2, 0.25) is 0 Å². The Hall–Kier alpha value is -1.94. The maximum absolute atomic E-state index is 11.7. The summed E-state index contributed by atoms with van der Waals surface area (Å²) in [5.41, 5.74) is 1.24. The van der Waals surface area contributed by atoms with Gasteiger partial charge >= 0.3 is 0 Å². The number of nitrogens with one attached hydrogen (secondary N) is 1. The summed E-state index contributed by atoms with van der Waals surface area (Å²) in [7, 11) is 1.59. The normalized spacial score (nSPS) is 11.5. The van der Waals surface area contributed by atoms with Crippen LogP contribution in [0, 0.1) is 0 Å². The van der Waals surface area contributed by atoms with E-state index in [2.05, 4.69) is 9.97 Å². The number of ether oxygens (including phenoxy) is 1. The minimum Gasteiger partial charge on any atom is -0.378 e. The van der Waals surface area contributed by atoms with E-state index in [0.717, 1.165) is 5.56 Å². The summed E-state index contributed by atoms with van der Waals surface area (Å²) in [4.78, 5) is 19.0. The standard InChI is InChI=1S/C15H18N2O2/c1-15(2,11-7-5-4-6-8-11)14-16-12(10-19-3)9-13(18)17-14/h4-9H,10H2,1-3H3,(H,16,17,18). The van der Waals surface area contributed by atoms with E-state index in [4.69, 9.17) is 4.74 Å². The van der Waals surface area contributed by atoms with Gasteiger partial charge in [0.25, 0.3) is 5.56 Å². The highest BCUT2D eigenvalue weighted by Gasteiger charge is 2.26. The molecule has 2 aromatic rings. The molecule has 0 atom stereocenters. The maximum atomic E-state index is 11.7. The van der Waals surface area contributed by atoms with Crippen LogP contribution in [0.25, 0.3) is 0 Å². The van der Waals surface area contributed by atoms with Gasteiger partial charge in [0.15, 0.2) is 0 Å². The number of H-pyrrole nitrogens is 1. The summed E-state index contributed by atoms with van der Waals surface area (Å²) in [6, 6.07) is 11.5. The monoisotopic (exact) mass is 258 g/mol. The summed E-state index contributed by atoms with van der Waals surface area (Å²) in [5.74, 6) is 0.651. The Kier molecular flexibility index (Phi) is 3.81. The summed E-state index contributed by atoms with van der Waals surface area (Å²) in [6.45, 7) is 4.41. The SMILES string of the molecule is COCc1cc(=O)[nH]c(C(C)(C)c2ccccc2)n1. The van der Waals surface area contributed by atoms with Crippen LogP contribution in [-0.4, -0.2) is 17.1 Å². The molecule has 4 heteroatoms. The van der Waals surface area contributed by atoms with Gasteiger partial charge in [-0.1, -0.05) is 30.3 Å². The van der Waals surface area contributed by atoms with Crippen LogP contribution in [0.1, 0.15) is 30.9 Å². The maximum Gasteiger partial charge on any atom is 0.251 e. The molecule has 0 radical (unpaired) electrons. The highest BCUT2D eigenvalue weighted by molar-refractivity contribution is 5.30. The summed E-state index contributed by atoms with van der Waals surface area (Å²) in [6.07, 6.45) is 0. The molecule has 2 rings (SSSR count). The van der Waals surface area contributed by atoms with Gasteiger partial charge < -0.3 is 9.72 Å². The highest BCUT2D eigenvalue weighted by Crippen LogP contribution is 2.27. The lowest BCUT2D eigenvalue weighted by atomic mass is 9.84. The second-order valence-electron chi connectivity index (χ2n) is 5.01. The number of benzene rings is 1. The first-order valence-corrected chi connectivity index (χ1v) is 6.19. The molecule has 100 valence electrons. The van der Waals surface area contributed by atoms with E-state index < -0.39 is 0 Å². The fraction of sp³-hybridized carbons (Fsp3) is 0.333. The van der Waals surface area contributed by atoms with E-state index in [1.54, 1.807) is 7.11 Å². The van der Waals surface area contributed by atoms with Gasteiger partial charge in [0, 0.05) is 18.6 Å². The molecule has 4 nitrogen and oxygen atoms in total. The van der Waals surface area contributed by atoms with Crippen molar-refractivity contribution < 1.29 is 4.74 Å². The van der Waals surface area contributed by atoms with Gasteiger partial charge in [0.1, 0.15) is 5.82 Å². The zero-order valence-corrected chi connectivity index (χ0v) is 11.4. The molecular weight excluding hydrogens is 240 g/mol. The molecular formula is C15H18N2O2. The molecule has 0 bridgehead atoms. The lowest BCUT2D eigenvalue weighted by molar-refractivity contribution is 0.181. The molecule has 1 heterocycles. The molecule has 0 saturated carbocycles. The molecule has 0 aliphatic rings. The number of hydrogen-bond donors (Lipinski definition) is 1. The van der Waals surface area contributed by atoms with Gasteiger partial charge in [0.05, 0.1) is 12.3 Å². The van der Waals surface area contributed by atoms with E-state index in [9.17, 15) is 4.79 Å². The second kappa shape index (κ2) is 5.36. The third-order valence-corrected chi connectivity index (χ3v) is 3.17. The van der Waals surface area contributed by atoms with Gasteiger partial charge in [-0.05, 0) is 19.4 Å². The Labute approximate surface area is 112 Å². The van der Waals surface area contributed by atoms with Crippen molar-refractivity contribution in [2.45, 2.75) is 25.9 Å². The van der Waals surface area contributed by atoms with Crippen molar-refractivity contribution >= 4 is 0 Å². The molecule has 1 N–H and O–H groups in total. The van der Waals surface area contributed by atoms with Crippen LogP contribution in [-0.2, 0) is 16.8 Å². The minimum atomic E-state index is -0.357. The van der Waals surface area contributed by atoms with E-state index in [-0.39, 0.29) is 11.0 Å². The average Bonchev–Trinajstić information content (AvgIpc) is 2.39. The molecule has 0 saturated heterocycles. The molecule has 19 heavy (non-hydrogen) atoms. The molecule has 0 amide bonds. The van der Waals surface area contributed by atoms with Crippen molar-refractivity contribution in [3.63, 3.8) is 0 Å². The van der Waals surface area contributed by atoms with Crippen LogP contribution >= 0.6 is 0 Å². The largest absolute Gasteiger partial charge is 0.378 e. The topological polar surface area (TPSA) is 55.0 Å². The van der Waals surface area contributed by atoms with Crippen molar-refractivity contribution in [3.8, 4) is 0 Å². The third kappa shape index (κ3) is 2.90. The van der Waals surface area contributed by atoms with Gasteiger partial charge in [-0.25, -0.2) is 4.98 Å². The minimum absolute atomic E-state index is 0.152. The summed E-state index contributed by atoms with van der Waals surface area (Å²) >= 11 is 0. The van der Waals surface area contributed by atoms with E-state index in [0.29, 0.717) is 18.1 Å². The van der Waals surface area contributed by atoms with E-state index >= 15 is 0 Å². The van der Waals surface area contributed by atoms with Crippen LogP contribution in [0.5, 0.6) is 0 Å². The number of methoxy groups -OCH3 is 1. The second-order valence-corrected chi connectivity index (χ2v) is 5.01. The third-order valence-electron chi connectivity index (χ3n) is 3.17. The Bertz CT molecular complexity index is 603. The molecule has 0 aliphatic carbocycles. The first-order valence-electron chi connectivity index (χ1n) is 6.19. The fourth-order valence-corrected chi connectivity index (χ4v) is 2.02. The predicted molar refractivity (Wildman–Crippen MR) is 74.1 cm³/mol. The first-order chi connectivity index (χ1) is 9.04. The van der Waals surface area contributed by atoms with Crippen LogP contribution in [0.15, 0.2) is 41.2 Å². The molecule has 0 spiro atoms. The van der Waals surface area contributed by atoms with Crippen molar-refractivity contribution in [1.82, 2.24) is 9.97 Å². The van der Waals surface area contributed by atoms with Crippen molar-refractivity contribution in [2.24, 2.45) is 0 Å². The predicted octanol–water partition coefficient (Wildman–Crippen LogP) is 2.24. The zero-order valence-electron chi connectivity index (χ0n) is 11.4. The van der Waals surface area contributed by atoms with Gasteiger partial charge in [-0.2, -0.15) is 0 Å². The van der Waals surface area contributed by atoms with Crippen molar-refractivity contribution in [3.05, 3.63) is 63.8 Å². The Balaban J connectivity index is 2.48. The number of rotatable bonds is 4. The fourth-order valence-electron chi connectivity index (χ4n) is 2.02. The molecule has 0 fully saturated rings. The molecule has 1 aromatic heterocycles. The lowest BCUT2D eigenvalue weighted by Gasteiger charge is -2.24. The smallest absolute Gasteiger partial charge is 0.251 e. The number of nitrogens with zero attached hydrogens (tertiary/aromatic N) is 1. The molecule has 0 unspecified atom stereocenters. The summed E-state index contributed by atoms with van der Waals surface area (Å²) in [5, 5.41) is 0. The van der Waals surface area contributed by atoms with Crippen molar-refractivity contribution in [1.29, 1.82) is 0 Å². The molecule has 1 aromatic carbocycles. The van der Waals surface area contributed by atoms with Crippen LogP contribution < -0.4 is 5.56 Å². The molecule has 0 aliphatic heterocycles. The van der Waals surface area contributed by atoms with E-state index in [1.807, 2.05) is 44.2 Å². The van der Waals surface area contributed by atoms with Gasteiger partial charge in [-0.15, -0.1) is 0 Å². The van der Waals surface area contributed by atoms with Crippen LogP contribution in [0.4, 0.5) is 0 Å².